The molecule has 27 heavy (non-hydrogen) atoms. The Morgan fingerprint density at radius 1 is 1.30 bits per heavy atom. The summed E-state index contributed by atoms with van der Waals surface area (Å²) in [5.74, 6) is -0.188. The summed E-state index contributed by atoms with van der Waals surface area (Å²) in [6.07, 6.45) is 2.21. The molecule has 140 valence electrons. The largest absolute Gasteiger partial charge is 0.457 e. The molecule has 0 aliphatic carbocycles. The number of esters is 1. The van der Waals surface area contributed by atoms with Gasteiger partial charge in [0.05, 0.1) is 6.42 Å². The molecule has 6 heteroatoms. The minimum atomic E-state index is -0.453. The van der Waals surface area contributed by atoms with E-state index in [4.69, 9.17) is 9.15 Å². The van der Waals surface area contributed by atoms with Gasteiger partial charge in [0.15, 0.2) is 18.1 Å². The lowest BCUT2D eigenvalue weighted by Crippen LogP contribution is -2.15. The average molecular weight is 366 g/mol. The number of oxazole rings is 1. The zero-order chi connectivity index (χ0) is 19.4. The molecule has 0 bridgehead atoms. The van der Waals surface area contributed by atoms with Crippen molar-refractivity contribution < 1.29 is 18.7 Å². The fraction of sp³-hybridized carbons (Fsp3) is 0.286. The number of ketones is 1. The Balaban J connectivity index is 1.53. The smallest absolute Gasteiger partial charge is 0.306 e. The van der Waals surface area contributed by atoms with Crippen molar-refractivity contribution in [3.63, 3.8) is 0 Å². The monoisotopic (exact) mass is 366 g/mol. The van der Waals surface area contributed by atoms with Crippen LogP contribution in [0.25, 0.3) is 11.1 Å². The molecule has 0 amide bonds. The average Bonchev–Trinajstić information content (AvgIpc) is 3.20. The summed E-state index contributed by atoms with van der Waals surface area (Å²) in [6, 6.07) is 9.23. The molecule has 0 atom stereocenters. The highest BCUT2D eigenvalue weighted by Gasteiger charge is 2.17. The topological polar surface area (TPSA) is 74.3 Å². The van der Waals surface area contributed by atoms with Crippen molar-refractivity contribution in [1.82, 2.24) is 9.55 Å². The molecular weight excluding hydrogens is 344 g/mol. The van der Waals surface area contributed by atoms with Crippen LogP contribution in [0.3, 0.4) is 0 Å². The third-order valence-electron chi connectivity index (χ3n) is 4.43. The molecular formula is C21H22N2O4. The molecule has 0 aliphatic heterocycles. The molecule has 2 aromatic heterocycles. The van der Waals surface area contributed by atoms with Crippen molar-refractivity contribution in [1.29, 1.82) is 0 Å². The number of rotatable bonds is 8. The first-order valence-corrected chi connectivity index (χ1v) is 8.80. The van der Waals surface area contributed by atoms with Crippen molar-refractivity contribution in [3.8, 4) is 0 Å². The van der Waals surface area contributed by atoms with Gasteiger partial charge in [0, 0.05) is 29.9 Å². The Morgan fingerprint density at radius 3 is 2.81 bits per heavy atom. The van der Waals surface area contributed by atoms with Gasteiger partial charge in [-0.15, -0.1) is 6.58 Å². The van der Waals surface area contributed by atoms with E-state index in [-0.39, 0.29) is 18.8 Å². The molecule has 0 saturated heterocycles. The number of nitrogens with zero attached hydrogens (tertiary/aromatic N) is 2. The van der Waals surface area contributed by atoms with Gasteiger partial charge in [-0.25, -0.2) is 4.98 Å². The SMILES string of the molecule is C=CCn1c(C)cc(C(=O)COC(=O)CCc2nc3ccccc3o2)c1C. The lowest BCUT2D eigenvalue weighted by molar-refractivity contribution is -0.142. The highest BCUT2D eigenvalue weighted by atomic mass is 16.5. The summed E-state index contributed by atoms with van der Waals surface area (Å²) in [7, 11) is 0. The lowest BCUT2D eigenvalue weighted by Gasteiger charge is -2.06. The van der Waals surface area contributed by atoms with E-state index in [1.165, 1.54) is 0 Å². The van der Waals surface area contributed by atoms with Crippen LogP contribution in [0.15, 0.2) is 47.4 Å². The number of fused-ring (bicyclic) bond motifs is 1. The van der Waals surface area contributed by atoms with Gasteiger partial charge in [-0.2, -0.15) is 0 Å². The van der Waals surface area contributed by atoms with E-state index >= 15 is 0 Å². The second-order valence-corrected chi connectivity index (χ2v) is 6.34. The number of carbonyl (C=O) groups excluding carboxylic acids is 2. The first-order valence-electron chi connectivity index (χ1n) is 8.80. The van der Waals surface area contributed by atoms with Gasteiger partial charge in [0.1, 0.15) is 5.52 Å². The van der Waals surface area contributed by atoms with E-state index in [2.05, 4.69) is 11.6 Å². The van der Waals surface area contributed by atoms with E-state index in [1.807, 2.05) is 48.7 Å². The van der Waals surface area contributed by atoms with Crippen LogP contribution in [-0.4, -0.2) is 27.9 Å². The maximum atomic E-state index is 12.4. The lowest BCUT2D eigenvalue weighted by atomic mass is 10.1. The summed E-state index contributed by atoms with van der Waals surface area (Å²) < 4.78 is 12.7. The van der Waals surface area contributed by atoms with Crippen molar-refractivity contribution in [2.75, 3.05) is 6.61 Å². The molecule has 0 N–H and O–H groups in total. The van der Waals surface area contributed by atoms with Gasteiger partial charge in [-0.05, 0) is 32.0 Å². The number of benzene rings is 1. The number of aryl methyl sites for hydroxylation is 2. The second kappa shape index (κ2) is 8.03. The van der Waals surface area contributed by atoms with Gasteiger partial charge >= 0.3 is 5.97 Å². The van der Waals surface area contributed by atoms with Crippen LogP contribution in [0.4, 0.5) is 0 Å². The summed E-state index contributed by atoms with van der Waals surface area (Å²) in [5, 5.41) is 0. The third-order valence-corrected chi connectivity index (χ3v) is 4.43. The molecule has 0 radical (unpaired) electrons. The summed E-state index contributed by atoms with van der Waals surface area (Å²) >= 11 is 0. The number of ether oxygens (including phenoxy) is 1. The van der Waals surface area contributed by atoms with Crippen LogP contribution in [-0.2, 0) is 22.5 Å². The molecule has 0 fully saturated rings. The van der Waals surface area contributed by atoms with Gasteiger partial charge in [-0.1, -0.05) is 18.2 Å². The zero-order valence-electron chi connectivity index (χ0n) is 15.5. The van der Waals surface area contributed by atoms with Crippen molar-refractivity contribution in [3.05, 3.63) is 65.8 Å². The third kappa shape index (κ3) is 4.16. The van der Waals surface area contributed by atoms with Crippen LogP contribution in [0.1, 0.15) is 34.1 Å². The van der Waals surface area contributed by atoms with Crippen molar-refractivity contribution in [2.24, 2.45) is 0 Å². The maximum Gasteiger partial charge on any atom is 0.306 e. The van der Waals surface area contributed by atoms with Crippen molar-refractivity contribution >= 4 is 22.9 Å². The van der Waals surface area contributed by atoms with Crippen LogP contribution >= 0.6 is 0 Å². The number of hydrogen-bond acceptors (Lipinski definition) is 5. The van der Waals surface area contributed by atoms with Gasteiger partial charge < -0.3 is 13.7 Å². The van der Waals surface area contributed by atoms with Gasteiger partial charge in [-0.3, -0.25) is 9.59 Å². The van der Waals surface area contributed by atoms with Crippen LogP contribution in [0.2, 0.25) is 0 Å². The number of hydrogen-bond donors (Lipinski definition) is 0. The first kappa shape index (κ1) is 18.6. The summed E-state index contributed by atoms with van der Waals surface area (Å²) in [4.78, 5) is 28.7. The Kier molecular flexibility index (Phi) is 5.54. The van der Waals surface area contributed by atoms with Crippen LogP contribution in [0, 0.1) is 13.8 Å². The number of allylic oxidation sites excluding steroid dienone is 1. The first-order chi connectivity index (χ1) is 13.0. The van der Waals surface area contributed by atoms with E-state index < -0.39 is 5.97 Å². The highest BCUT2D eigenvalue weighted by molar-refractivity contribution is 5.99. The van der Waals surface area contributed by atoms with E-state index in [0.717, 1.165) is 16.9 Å². The highest BCUT2D eigenvalue weighted by Crippen LogP contribution is 2.17. The van der Waals surface area contributed by atoms with Crippen LogP contribution < -0.4 is 0 Å². The molecule has 3 rings (SSSR count). The Labute approximate surface area is 157 Å². The molecule has 6 nitrogen and oxygen atoms in total. The summed E-state index contributed by atoms with van der Waals surface area (Å²) in [5.41, 5.74) is 3.83. The van der Waals surface area contributed by atoms with E-state index in [1.54, 1.807) is 6.08 Å². The number of aromatic nitrogens is 2. The number of Topliss-reactive ketones (excluding diaryl/α,β-unsaturated/α-hetero) is 1. The minimum absolute atomic E-state index is 0.107. The predicted molar refractivity (Wildman–Crippen MR) is 102 cm³/mol. The normalized spacial score (nSPS) is 10.9. The molecule has 3 aromatic rings. The zero-order valence-corrected chi connectivity index (χ0v) is 15.5. The summed E-state index contributed by atoms with van der Waals surface area (Å²) in [6.45, 7) is 7.89. The second-order valence-electron chi connectivity index (χ2n) is 6.34. The van der Waals surface area contributed by atoms with E-state index in [0.29, 0.717) is 30.0 Å². The Bertz CT molecular complexity index is 964. The fourth-order valence-electron chi connectivity index (χ4n) is 3.03. The number of para-hydroxylation sites is 2. The minimum Gasteiger partial charge on any atom is -0.457 e. The molecule has 0 saturated carbocycles. The fourth-order valence-corrected chi connectivity index (χ4v) is 3.03. The van der Waals surface area contributed by atoms with Gasteiger partial charge in [0.25, 0.3) is 0 Å². The van der Waals surface area contributed by atoms with Crippen molar-refractivity contribution in [2.45, 2.75) is 33.2 Å². The van der Waals surface area contributed by atoms with Crippen LogP contribution in [0.5, 0.6) is 0 Å². The predicted octanol–water partition coefficient (Wildman–Crippen LogP) is 3.79. The standard InChI is InChI=1S/C21H22N2O4/c1-4-11-23-14(2)12-16(15(23)3)18(24)13-26-21(25)10-9-20-22-17-7-5-6-8-19(17)27-20/h4-8,12H,1,9-11,13H2,2-3H3. The Hall–Kier alpha value is -3.15. The molecule has 0 unspecified atom stereocenters. The van der Waals surface area contributed by atoms with E-state index in [9.17, 15) is 9.59 Å². The van der Waals surface area contributed by atoms with Gasteiger partial charge in [0.2, 0.25) is 5.78 Å². The molecule has 0 aliphatic rings. The molecule has 0 spiro atoms. The maximum absolute atomic E-state index is 12.4. The molecule has 2 heterocycles. The quantitative estimate of drug-likeness (QED) is 0.344. The molecule has 1 aromatic carbocycles. The Morgan fingerprint density at radius 2 is 2.07 bits per heavy atom. The number of carbonyl (C=O) groups is 2.